The van der Waals surface area contributed by atoms with Gasteiger partial charge in [0.15, 0.2) is 17.5 Å². The van der Waals surface area contributed by atoms with Crippen molar-refractivity contribution >= 4 is 29.9 Å². The topological polar surface area (TPSA) is 72.7 Å². The van der Waals surface area contributed by atoms with Crippen molar-refractivity contribution < 1.29 is 9.47 Å². The largest absolute Gasteiger partial charge is 0.490 e. The molecule has 2 aromatic rings. The van der Waals surface area contributed by atoms with Crippen LogP contribution in [0.1, 0.15) is 43.3 Å². The summed E-state index contributed by atoms with van der Waals surface area (Å²) < 4.78 is 13.3. The molecule has 0 amide bonds. The van der Waals surface area contributed by atoms with E-state index in [-0.39, 0.29) is 30.0 Å². The number of rotatable bonds is 10. The lowest BCUT2D eigenvalue weighted by molar-refractivity contribution is 0.287. The normalized spacial score (nSPS) is 12.2. The fraction of sp³-hybridized carbons (Fsp3) is 0.565. The van der Waals surface area contributed by atoms with Crippen LogP contribution in [-0.4, -0.2) is 48.6 Å². The summed E-state index contributed by atoms with van der Waals surface area (Å²) >= 11 is 0. The summed E-state index contributed by atoms with van der Waals surface area (Å²) in [5, 5.41) is 11.4. The zero-order chi connectivity index (χ0) is 22.1. The SMILES string of the molecule is CCOc1ccc(CCNC(=NC)NC(C)Cc2c(C)nn(C)c2C)cc1OCC.I. The zero-order valence-electron chi connectivity index (χ0n) is 19.9. The first-order valence-electron chi connectivity index (χ1n) is 10.7. The molecule has 7 nitrogen and oxygen atoms in total. The smallest absolute Gasteiger partial charge is 0.191 e. The molecule has 1 heterocycles. The number of nitrogens with zero attached hydrogens (tertiary/aromatic N) is 3. The van der Waals surface area contributed by atoms with Gasteiger partial charge in [0, 0.05) is 32.4 Å². The highest BCUT2D eigenvalue weighted by molar-refractivity contribution is 14.0. The lowest BCUT2D eigenvalue weighted by atomic mass is 10.1. The minimum Gasteiger partial charge on any atom is -0.490 e. The Bertz CT molecular complexity index is 851. The molecule has 1 aromatic heterocycles. The van der Waals surface area contributed by atoms with Gasteiger partial charge in [-0.2, -0.15) is 5.10 Å². The van der Waals surface area contributed by atoms with Crippen LogP contribution in [0.2, 0.25) is 0 Å². The highest BCUT2D eigenvalue weighted by Crippen LogP contribution is 2.28. The monoisotopic (exact) mass is 543 g/mol. The van der Waals surface area contributed by atoms with Crippen molar-refractivity contribution in [3.8, 4) is 11.5 Å². The third kappa shape index (κ3) is 7.90. The van der Waals surface area contributed by atoms with E-state index in [9.17, 15) is 0 Å². The second kappa shape index (κ2) is 13.4. The van der Waals surface area contributed by atoms with Gasteiger partial charge in [-0.1, -0.05) is 6.07 Å². The van der Waals surface area contributed by atoms with Crippen LogP contribution in [-0.2, 0) is 19.9 Å². The van der Waals surface area contributed by atoms with Crippen molar-refractivity contribution in [3.05, 3.63) is 40.7 Å². The number of hydrogen-bond acceptors (Lipinski definition) is 4. The van der Waals surface area contributed by atoms with E-state index in [0.717, 1.165) is 42.5 Å². The van der Waals surface area contributed by atoms with E-state index < -0.39 is 0 Å². The molecule has 31 heavy (non-hydrogen) atoms. The molecule has 0 spiro atoms. The summed E-state index contributed by atoms with van der Waals surface area (Å²) in [4.78, 5) is 4.37. The Morgan fingerprint density at radius 3 is 2.42 bits per heavy atom. The molecule has 8 heteroatoms. The van der Waals surface area contributed by atoms with Gasteiger partial charge in [-0.15, -0.1) is 24.0 Å². The lowest BCUT2D eigenvalue weighted by Gasteiger charge is -2.18. The molecule has 0 saturated heterocycles. The van der Waals surface area contributed by atoms with Crippen molar-refractivity contribution in [1.29, 1.82) is 0 Å². The molecule has 1 aromatic carbocycles. The second-order valence-electron chi connectivity index (χ2n) is 7.42. The Morgan fingerprint density at radius 1 is 1.16 bits per heavy atom. The first-order valence-corrected chi connectivity index (χ1v) is 10.7. The van der Waals surface area contributed by atoms with Gasteiger partial charge in [0.2, 0.25) is 0 Å². The molecule has 0 radical (unpaired) electrons. The van der Waals surface area contributed by atoms with Crippen LogP contribution in [0.4, 0.5) is 0 Å². The fourth-order valence-corrected chi connectivity index (χ4v) is 3.47. The third-order valence-electron chi connectivity index (χ3n) is 5.09. The molecular weight excluding hydrogens is 505 g/mol. The maximum absolute atomic E-state index is 5.72. The fourth-order valence-electron chi connectivity index (χ4n) is 3.47. The minimum atomic E-state index is 0. The maximum Gasteiger partial charge on any atom is 0.191 e. The van der Waals surface area contributed by atoms with Gasteiger partial charge in [0.1, 0.15) is 0 Å². The Labute approximate surface area is 204 Å². The second-order valence-corrected chi connectivity index (χ2v) is 7.42. The molecule has 174 valence electrons. The average molecular weight is 543 g/mol. The Hall–Kier alpha value is -1.97. The Kier molecular flexibility index (Phi) is 11.7. The van der Waals surface area contributed by atoms with E-state index in [0.29, 0.717) is 13.2 Å². The van der Waals surface area contributed by atoms with E-state index in [2.05, 4.69) is 53.6 Å². The Morgan fingerprint density at radius 2 is 1.84 bits per heavy atom. The molecule has 0 aliphatic rings. The van der Waals surface area contributed by atoms with Crippen LogP contribution in [0.3, 0.4) is 0 Å². The van der Waals surface area contributed by atoms with Crippen LogP contribution < -0.4 is 20.1 Å². The van der Waals surface area contributed by atoms with Gasteiger partial charge in [0.25, 0.3) is 0 Å². The number of aryl methyl sites for hydroxylation is 2. The van der Waals surface area contributed by atoms with Gasteiger partial charge >= 0.3 is 0 Å². The molecular formula is C23H38IN5O2. The molecule has 0 saturated carbocycles. The van der Waals surface area contributed by atoms with Gasteiger partial charge in [0.05, 0.1) is 18.9 Å². The van der Waals surface area contributed by atoms with Gasteiger partial charge < -0.3 is 20.1 Å². The number of guanidine groups is 1. The quantitative estimate of drug-likeness (QED) is 0.271. The molecule has 0 bridgehead atoms. The number of benzene rings is 1. The van der Waals surface area contributed by atoms with E-state index >= 15 is 0 Å². The maximum atomic E-state index is 5.72. The zero-order valence-corrected chi connectivity index (χ0v) is 22.2. The summed E-state index contributed by atoms with van der Waals surface area (Å²) in [7, 11) is 3.79. The summed E-state index contributed by atoms with van der Waals surface area (Å²) in [6.07, 6.45) is 1.77. The van der Waals surface area contributed by atoms with Gasteiger partial charge in [-0.3, -0.25) is 9.67 Å². The van der Waals surface area contributed by atoms with Crippen molar-refractivity contribution in [2.45, 2.75) is 53.5 Å². The lowest BCUT2D eigenvalue weighted by Crippen LogP contribution is -2.43. The van der Waals surface area contributed by atoms with Crippen LogP contribution in [0.5, 0.6) is 11.5 Å². The van der Waals surface area contributed by atoms with Crippen LogP contribution >= 0.6 is 24.0 Å². The van der Waals surface area contributed by atoms with Crippen molar-refractivity contribution in [2.75, 3.05) is 26.8 Å². The van der Waals surface area contributed by atoms with E-state index in [1.165, 1.54) is 16.8 Å². The molecule has 2 rings (SSSR count). The number of ether oxygens (including phenoxy) is 2. The van der Waals surface area contributed by atoms with Crippen LogP contribution in [0.15, 0.2) is 23.2 Å². The van der Waals surface area contributed by atoms with Crippen LogP contribution in [0, 0.1) is 13.8 Å². The van der Waals surface area contributed by atoms with E-state index in [4.69, 9.17) is 9.47 Å². The first kappa shape index (κ1) is 27.1. The highest BCUT2D eigenvalue weighted by Gasteiger charge is 2.14. The molecule has 0 aliphatic carbocycles. The summed E-state index contributed by atoms with van der Waals surface area (Å²) in [5.41, 5.74) is 4.79. The number of hydrogen-bond donors (Lipinski definition) is 2. The molecule has 2 N–H and O–H groups in total. The van der Waals surface area contributed by atoms with Gasteiger partial charge in [-0.05, 0) is 70.7 Å². The standard InChI is InChI=1S/C23H37N5O2.HI/c1-8-29-21-11-10-19(15-22(21)30-9-2)12-13-25-23(24-6)26-16(3)14-20-17(4)27-28(7)18(20)5;/h10-11,15-16H,8-9,12-14H2,1-7H3,(H2,24,25,26);1H. The first-order chi connectivity index (χ1) is 14.4. The predicted molar refractivity (Wildman–Crippen MR) is 138 cm³/mol. The Balaban J connectivity index is 0.00000480. The van der Waals surface area contributed by atoms with Crippen molar-refractivity contribution in [1.82, 2.24) is 20.4 Å². The molecule has 1 unspecified atom stereocenters. The number of halogens is 1. The summed E-state index contributed by atoms with van der Waals surface area (Å²) in [6.45, 7) is 12.3. The number of aliphatic imine (C=N–C) groups is 1. The predicted octanol–water partition coefficient (Wildman–Crippen LogP) is 3.79. The summed E-state index contributed by atoms with van der Waals surface area (Å²) in [6, 6.07) is 6.37. The number of aromatic nitrogens is 2. The minimum absolute atomic E-state index is 0. The third-order valence-corrected chi connectivity index (χ3v) is 5.09. The number of nitrogens with one attached hydrogen (secondary N) is 2. The van der Waals surface area contributed by atoms with Crippen molar-refractivity contribution in [3.63, 3.8) is 0 Å². The van der Waals surface area contributed by atoms with Crippen molar-refractivity contribution in [2.24, 2.45) is 12.0 Å². The van der Waals surface area contributed by atoms with Gasteiger partial charge in [-0.25, -0.2) is 0 Å². The summed E-state index contributed by atoms with van der Waals surface area (Å²) in [5.74, 6) is 2.40. The molecule has 0 aliphatic heterocycles. The van der Waals surface area contributed by atoms with E-state index in [1.807, 2.05) is 31.6 Å². The average Bonchev–Trinajstić information content (AvgIpc) is 2.95. The van der Waals surface area contributed by atoms with Crippen LogP contribution in [0.25, 0.3) is 0 Å². The molecule has 1 atom stereocenters. The molecule has 0 fully saturated rings. The van der Waals surface area contributed by atoms with E-state index in [1.54, 1.807) is 7.05 Å². The highest BCUT2D eigenvalue weighted by atomic mass is 127.